The Hall–Kier alpha value is -2.24. The monoisotopic (exact) mass is 345 g/mol. The van der Waals surface area contributed by atoms with Crippen molar-refractivity contribution in [1.29, 1.82) is 0 Å². The largest absolute Gasteiger partial charge is 0.493 e. The number of hydrogen-bond donors (Lipinski definition) is 1. The number of para-hydroxylation sites is 1. The summed E-state index contributed by atoms with van der Waals surface area (Å²) in [6, 6.07) is 5.55. The number of carbonyl (C=O) groups is 2. The molecule has 25 heavy (non-hydrogen) atoms. The Morgan fingerprint density at radius 3 is 2.76 bits per heavy atom. The van der Waals surface area contributed by atoms with Crippen LogP contribution in [0.5, 0.6) is 11.5 Å². The van der Waals surface area contributed by atoms with Gasteiger partial charge < -0.3 is 19.5 Å². The average molecular weight is 345 g/mol. The molecule has 0 spiro atoms. The number of carboxylic acid groups (broad SMARTS) is 1. The number of nitrogens with zero attached hydrogens (tertiary/aromatic N) is 1. The molecule has 4 rings (SSSR count). The van der Waals surface area contributed by atoms with Gasteiger partial charge in [0.05, 0.1) is 7.11 Å². The number of carboxylic acids is 1. The second-order valence-electron chi connectivity index (χ2n) is 7.38. The zero-order chi connectivity index (χ0) is 17.6. The van der Waals surface area contributed by atoms with Crippen molar-refractivity contribution in [3.8, 4) is 11.5 Å². The minimum absolute atomic E-state index is 0.0525. The lowest BCUT2D eigenvalue weighted by Gasteiger charge is -2.36. The molecular weight excluding hydrogens is 322 g/mol. The summed E-state index contributed by atoms with van der Waals surface area (Å²) in [5.74, 6) is 0.217. The first kappa shape index (κ1) is 16.2. The molecule has 0 unspecified atom stereocenters. The molecule has 1 N–H and O–H groups in total. The van der Waals surface area contributed by atoms with Gasteiger partial charge >= 0.3 is 5.97 Å². The van der Waals surface area contributed by atoms with Crippen molar-refractivity contribution in [2.45, 2.75) is 31.6 Å². The normalized spacial score (nSPS) is 28.2. The fourth-order valence-electron chi connectivity index (χ4n) is 4.65. The van der Waals surface area contributed by atoms with E-state index in [9.17, 15) is 14.7 Å². The van der Waals surface area contributed by atoms with Crippen LogP contribution in [0.1, 0.15) is 37.2 Å². The first-order valence-electron chi connectivity index (χ1n) is 8.88. The maximum absolute atomic E-state index is 12.9. The molecule has 134 valence electrons. The highest BCUT2D eigenvalue weighted by Crippen LogP contribution is 2.52. The number of likely N-dealkylation sites (tertiary alicyclic amines) is 1. The summed E-state index contributed by atoms with van der Waals surface area (Å²) in [6.07, 6.45) is 4.00. The summed E-state index contributed by atoms with van der Waals surface area (Å²) >= 11 is 0. The summed E-state index contributed by atoms with van der Waals surface area (Å²) in [7, 11) is 1.57. The van der Waals surface area contributed by atoms with Gasteiger partial charge in [-0.15, -0.1) is 0 Å². The Kier molecular flexibility index (Phi) is 3.85. The molecule has 6 heteroatoms. The van der Waals surface area contributed by atoms with Gasteiger partial charge in [-0.2, -0.15) is 0 Å². The van der Waals surface area contributed by atoms with E-state index in [1.807, 2.05) is 18.2 Å². The van der Waals surface area contributed by atoms with Gasteiger partial charge in [0.1, 0.15) is 12.0 Å². The quantitative estimate of drug-likeness (QED) is 0.909. The standard InChI is InChI=1S/C19H23NO5/c1-24-15-8-4-7-13-14-9-20(17(21)12-5-2-3-6-12)10-19(14,18(22)23)11-25-16(13)15/h4,7-8,12,14H,2-3,5-6,9-11H2,1H3,(H,22,23)/t14-,19-/m1/s1. The molecule has 1 aromatic carbocycles. The molecule has 1 saturated carbocycles. The summed E-state index contributed by atoms with van der Waals surface area (Å²) < 4.78 is 11.2. The number of carbonyl (C=O) groups excluding carboxylic acids is 1. The molecule has 6 nitrogen and oxygen atoms in total. The van der Waals surface area contributed by atoms with Gasteiger partial charge in [0.25, 0.3) is 0 Å². The molecule has 1 aromatic rings. The van der Waals surface area contributed by atoms with Crippen LogP contribution in [0.4, 0.5) is 0 Å². The lowest BCUT2D eigenvalue weighted by Crippen LogP contribution is -2.46. The molecule has 0 aromatic heterocycles. The van der Waals surface area contributed by atoms with Gasteiger partial charge in [0, 0.05) is 30.5 Å². The molecule has 2 atom stereocenters. The Balaban J connectivity index is 1.70. The summed E-state index contributed by atoms with van der Waals surface area (Å²) in [5, 5.41) is 9.97. The van der Waals surface area contributed by atoms with E-state index in [2.05, 4.69) is 0 Å². The fraction of sp³-hybridized carbons (Fsp3) is 0.579. The van der Waals surface area contributed by atoms with E-state index in [0.29, 0.717) is 18.0 Å². The number of ether oxygens (including phenoxy) is 2. The second-order valence-corrected chi connectivity index (χ2v) is 7.38. The Morgan fingerprint density at radius 1 is 1.32 bits per heavy atom. The van der Waals surface area contributed by atoms with Gasteiger partial charge in [-0.1, -0.05) is 25.0 Å². The predicted molar refractivity (Wildman–Crippen MR) is 89.8 cm³/mol. The Morgan fingerprint density at radius 2 is 2.08 bits per heavy atom. The Labute approximate surface area is 146 Å². The van der Waals surface area contributed by atoms with Crippen LogP contribution >= 0.6 is 0 Å². The van der Waals surface area contributed by atoms with Crippen molar-refractivity contribution in [2.24, 2.45) is 11.3 Å². The number of fused-ring (bicyclic) bond motifs is 3. The van der Waals surface area contributed by atoms with Gasteiger partial charge in [-0.05, 0) is 18.9 Å². The van der Waals surface area contributed by atoms with Crippen LogP contribution in [0.15, 0.2) is 18.2 Å². The molecule has 1 saturated heterocycles. The van der Waals surface area contributed by atoms with E-state index in [0.717, 1.165) is 31.2 Å². The zero-order valence-electron chi connectivity index (χ0n) is 14.4. The van der Waals surface area contributed by atoms with Crippen molar-refractivity contribution >= 4 is 11.9 Å². The highest BCUT2D eigenvalue weighted by atomic mass is 16.5. The van der Waals surface area contributed by atoms with Crippen LogP contribution in [0.2, 0.25) is 0 Å². The summed E-state index contributed by atoms with van der Waals surface area (Å²) in [6.45, 7) is 0.721. The highest BCUT2D eigenvalue weighted by molar-refractivity contribution is 5.84. The molecule has 2 aliphatic heterocycles. The summed E-state index contributed by atoms with van der Waals surface area (Å²) in [5.41, 5.74) is -0.247. The molecular formula is C19H23NO5. The first-order valence-corrected chi connectivity index (χ1v) is 8.88. The van der Waals surface area contributed by atoms with Crippen molar-refractivity contribution in [3.05, 3.63) is 23.8 Å². The molecule has 1 aliphatic carbocycles. The van der Waals surface area contributed by atoms with Crippen LogP contribution in [0, 0.1) is 11.3 Å². The van der Waals surface area contributed by atoms with E-state index in [-0.39, 0.29) is 30.9 Å². The topological polar surface area (TPSA) is 76.1 Å². The number of methoxy groups -OCH3 is 1. The molecule has 2 heterocycles. The predicted octanol–water partition coefficient (Wildman–Crippen LogP) is 2.27. The van der Waals surface area contributed by atoms with Gasteiger partial charge in [-0.25, -0.2) is 0 Å². The van der Waals surface area contributed by atoms with E-state index < -0.39 is 11.4 Å². The van der Waals surface area contributed by atoms with Crippen LogP contribution in [-0.4, -0.2) is 48.7 Å². The SMILES string of the molecule is COc1cccc2c1OC[C@]1(C(=O)O)CN(C(=O)C3CCCC3)C[C@H]21. The van der Waals surface area contributed by atoms with Crippen molar-refractivity contribution < 1.29 is 24.2 Å². The third-order valence-electron chi connectivity index (χ3n) is 6.06. The van der Waals surface area contributed by atoms with E-state index >= 15 is 0 Å². The average Bonchev–Trinajstić information content (AvgIpc) is 3.28. The third kappa shape index (κ3) is 2.38. The lowest BCUT2D eigenvalue weighted by molar-refractivity contribution is -0.152. The number of rotatable bonds is 3. The van der Waals surface area contributed by atoms with Gasteiger partial charge in [-0.3, -0.25) is 9.59 Å². The Bertz CT molecular complexity index is 712. The van der Waals surface area contributed by atoms with Crippen LogP contribution in [0.3, 0.4) is 0 Å². The first-order chi connectivity index (χ1) is 12.1. The molecule has 0 bridgehead atoms. The van der Waals surface area contributed by atoms with Crippen molar-refractivity contribution in [1.82, 2.24) is 4.90 Å². The zero-order valence-corrected chi connectivity index (χ0v) is 14.4. The van der Waals surface area contributed by atoms with Crippen molar-refractivity contribution in [2.75, 3.05) is 26.8 Å². The maximum Gasteiger partial charge on any atom is 0.315 e. The summed E-state index contributed by atoms with van der Waals surface area (Å²) in [4.78, 5) is 26.8. The van der Waals surface area contributed by atoms with Crippen LogP contribution in [-0.2, 0) is 9.59 Å². The number of amides is 1. The minimum Gasteiger partial charge on any atom is -0.493 e. The van der Waals surface area contributed by atoms with Crippen molar-refractivity contribution in [3.63, 3.8) is 0 Å². The molecule has 2 fully saturated rings. The number of aliphatic carboxylic acids is 1. The smallest absolute Gasteiger partial charge is 0.315 e. The molecule has 3 aliphatic rings. The third-order valence-corrected chi connectivity index (χ3v) is 6.06. The van der Waals surface area contributed by atoms with Crippen LogP contribution < -0.4 is 9.47 Å². The fourth-order valence-corrected chi connectivity index (χ4v) is 4.65. The molecule has 0 radical (unpaired) electrons. The van der Waals surface area contributed by atoms with E-state index in [1.54, 1.807) is 12.0 Å². The maximum atomic E-state index is 12.9. The van der Waals surface area contributed by atoms with Gasteiger partial charge in [0.15, 0.2) is 11.5 Å². The number of benzene rings is 1. The van der Waals surface area contributed by atoms with Crippen LogP contribution in [0.25, 0.3) is 0 Å². The lowest BCUT2D eigenvalue weighted by atomic mass is 9.73. The highest BCUT2D eigenvalue weighted by Gasteiger charge is 2.58. The van der Waals surface area contributed by atoms with E-state index in [4.69, 9.17) is 9.47 Å². The number of hydrogen-bond acceptors (Lipinski definition) is 4. The second kappa shape index (κ2) is 5.93. The minimum atomic E-state index is -1.08. The van der Waals surface area contributed by atoms with Gasteiger partial charge in [0.2, 0.25) is 5.91 Å². The van der Waals surface area contributed by atoms with E-state index in [1.165, 1.54) is 0 Å². The molecule has 1 amide bonds.